The Morgan fingerprint density at radius 3 is 1.09 bits per heavy atom. The molecule has 6 rings (SSSR count). The van der Waals surface area contributed by atoms with Gasteiger partial charge < -0.3 is 0 Å². The van der Waals surface area contributed by atoms with Gasteiger partial charge in [-0.2, -0.15) is 0 Å². The van der Waals surface area contributed by atoms with Crippen LogP contribution in [-0.2, 0) is 0 Å². The van der Waals surface area contributed by atoms with E-state index in [1.54, 1.807) is 12.8 Å². The van der Waals surface area contributed by atoms with Crippen LogP contribution in [0.1, 0.15) is 47.5 Å². The van der Waals surface area contributed by atoms with Crippen LogP contribution >= 0.6 is 0 Å². The van der Waals surface area contributed by atoms with Crippen molar-refractivity contribution in [3.63, 3.8) is 0 Å². The summed E-state index contributed by atoms with van der Waals surface area (Å²) in [7, 11) is 0. The maximum Gasteiger partial charge on any atom is -0.0312 e. The van der Waals surface area contributed by atoms with Gasteiger partial charge in [0, 0.05) is 0 Å². The largest absolute Gasteiger partial charge is 0.0620 e. The van der Waals surface area contributed by atoms with Gasteiger partial charge in [-0.15, -0.1) is 0 Å². The van der Waals surface area contributed by atoms with Gasteiger partial charge >= 0.3 is 0 Å². The molecule has 0 heterocycles. The third kappa shape index (κ3) is 1.10. The molecule has 0 heteroatoms. The summed E-state index contributed by atoms with van der Waals surface area (Å²) >= 11 is 0. The lowest BCUT2D eigenvalue weighted by Gasteiger charge is -2.70. The summed E-state index contributed by atoms with van der Waals surface area (Å²) in [5.41, 5.74) is 0. The molecule has 6 aliphatic carbocycles. The summed E-state index contributed by atoms with van der Waals surface area (Å²) in [5.74, 6) is 16.7. The molecule has 0 radical (unpaired) electrons. The lowest BCUT2D eigenvalue weighted by Crippen LogP contribution is -2.67. The van der Waals surface area contributed by atoms with Gasteiger partial charge in [-0.1, -0.05) is 34.6 Å². The van der Waals surface area contributed by atoms with Gasteiger partial charge in [0.05, 0.1) is 0 Å². The molecular weight excluding hydrogens is 264 g/mol. The highest BCUT2D eigenvalue weighted by atomic mass is 14.9. The quantitative estimate of drug-likeness (QED) is 0.577. The predicted molar refractivity (Wildman–Crippen MR) is 90.0 cm³/mol. The lowest BCUT2D eigenvalue weighted by atomic mass is 9.34. The molecule has 0 nitrogen and oxygen atoms in total. The Morgan fingerprint density at radius 1 is 0.364 bits per heavy atom. The zero-order chi connectivity index (χ0) is 15.1. The van der Waals surface area contributed by atoms with Gasteiger partial charge in [0.25, 0.3) is 0 Å². The van der Waals surface area contributed by atoms with E-state index in [9.17, 15) is 0 Å². The molecular formula is C22H34. The zero-order valence-electron chi connectivity index (χ0n) is 15.1. The summed E-state index contributed by atoms with van der Waals surface area (Å²) in [4.78, 5) is 0. The molecule has 0 saturated heterocycles. The molecule has 12 unspecified atom stereocenters. The highest BCUT2D eigenvalue weighted by Crippen LogP contribution is 2.86. The van der Waals surface area contributed by atoms with Gasteiger partial charge in [-0.05, 0) is 102 Å². The fourth-order valence-corrected chi connectivity index (χ4v) is 9.86. The van der Waals surface area contributed by atoms with E-state index in [-0.39, 0.29) is 0 Å². The van der Waals surface area contributed by atoms with Crippen molar-refractivity contribution in [2.75, 3.05) is 0 Å². The molecule has 0 aromatic rings. The monoisotopic (exact) mass is 298 g/mol. The first-order chi connectivity index (χ1) is 10.5. The third-order valence-corrected chi connectivity index (χ3v) is 11.3. The molecule has 6 fully saturated rings. The molecule has 0 aliphatic heterocycles. The van der Waals surface area contributed by atoms with E-state index in [1.807, 2.05) is 0 Å². The fourth-order valence-electron chi connectivity index (χ4n) is 9.86. The molecule has 6 saturated carbocycles. The molecule has 0 amide bonds. The molecule has 0 bridgehead atoms. The number of hydrogen-bond acceptors (Lipinski definition) is 0. The van der Waals surface area contributed by atoms with Crippen molar-refractivity contribution in [2.24, 2.45) is 88.8 Å². The van der Waals surface area contributed by atoms with Crippen molar-refractivity contribution >= 4 is 0 Å². The average Bonchev–Trinajstić information content (AvgIpc) is 2.56. The first kappa shape index (κ1) is 13.3. The van der Waals surface area contributed by atoms with Crippen LogP contribution in [0.3, 0.4) is 0 Å². The summed E-state index contributed by atoms with van der Waals surface area (Å²) in [6.07, 6.45) is 3.21. The van der Waals surface area contributed by atoms with Gasteiger partial charge in [-0.3, -0.25) is 0 Å². The summed E-state index contributed by atoms with van der Waals surface area (Å²) < 4.78 is 0. The minimum atomic E-state index is 0.930. The van der Waals surface area contributed by atoms with E-state index >= 15 is 0 Å². The number of hydrogen-bond donors (Lipinski definition) is 0. The number of fused-ring (bicyclic) bond motifs is 8. The lowest BCUT2D eigenvalue weighted by molar-refractivity contribution is -0.234. The second-order valence-electron chi connectivity index (χ2n) is 10.8. The molecule has 0 N–H and O–H groups in total. The van der Waals surface area contributed by atoms with Crippen LogP contribution in [0.15, 0.2) is 0 Å². The Hall–Kier alpha value is 0. The van der Waals surface area contributed by atoms with E-state index in [0.717, 1.165) is 41.4 Å². The van der Waals surface area contributed by atoms with Gasteiger partial charge in [-0.25, -0.2) is 0 Å². The van der Waals surface area contributed by atoms with Crippen molar-refractivity contribution in [3.05, 3.63) is 0 Å². The van der Waals surface area contributed by atoms with E-state index in [1.165, 1.54) is 47.3 Å². The SMILES string of the molecule is CC1C(C)C(C)C2C3C(C(C)C1C)C1C4C5CCC5C4C2C31. The van der Waals surface area contributed by atoms with E-state index in [4.69, 9.17) is 0 Å². The second kappa shape index (κ2) is 3.80. The molecule has 6 aliphatic rings. The molecule has 0 aromatic carbocycles. The van der Waals surface area contributed by atoms with Gasteiger partial charge in [0.15, 0.2) is 0 Å². The zero-order valence-corrected chi connectivity index (χ0v) is 15.1. The van der Waals surface area contributed by atoms with Crippen molar-refractivity contribution in [3.8, 4) is 0 Å². The van der Waals surface area contributed by atoms with Crippen LogP contribution in [0.25, 0.3) is 0 Å². The van der Waals surface area contributed by atoms with Crippen LogP contribution in [0.2, 0.25) is 0 Å². The second-order valence-corrected chi connectivity index (χ2v) is 10.8. The first-order valence-electron chi connectivity index (χ1n) is 10.5. The summed E-state index contributed by atoms with van der Waals surface area (Å²) in [6.45, 7) is 13.1. The Morgan fingerprint density at radius 2 is 0.682 bits per heavy atom. The average molecular weight is 299 g/mol. The minimum absolute atomic E-state index is 0.930. The highest BCUT2D eigenvalue weighted by Gasteiger charge is 2.82. The smallest absolute Gasteiger partial charge is 0.0312 e. The highest BCUT2D eigenvalue weighted by molar-refractivity contribution is 5.29. The van der Waals surface area contributed by atoms with Crippen LogP contribution in [0.4, 0.5) is 0 Å². The van der Waals surface area contributed by atoms with Crippen molar-refractivity contribution < 1.29 is 0 Å². The predicted octanol–water partition coefficient (Wildman–Crippen LogP) is 5.19. The first-order valence-corrected chi connectivity index (χ1v) is 10.5. The topological polar surface area (TPSA) is 0 Å². The van der Waals surface area contributed by atoms with Crippen molar-refractivity contribution in [1.82, 2.24) is 0 Å². The summed E-state index contributed by atoms with van der Waals surface area (Å²) in [5, 5.41) is 0. The molecule has 22 heavy (non-hydrogen) atoms. The normalized spacial score (nSPS) is 76.5. The molecule has 12 atom stereocenters. The maximum atomic E-state index is 2.65. The van der Waals surface area contributed by atoms with E-state index in [2.05, 4.69) is 34.6 Å². The van der Waals surface area contributed by atoms with Crippen LogP contribution in [-0.4, -0.2) is 0 Å². The fraction of sp³-hybridized carbons (Fsp3) is 1.00. The Balaban J connectivity index is 1.44. The van der Waals surface area contributed by atoms with Gasteiger partial charge in [0.2, 0.25) is 0 Å². The Kier molecular flexibility index (Phi) is 2.30. The molecule has 0 spiro atoms. The Labute approximate surface area is 136 Å². The third-order valence-electron chi connectivity index (χ3n) is 11.3. The Bertz CT molecular complexity index is 478. The van der Waals surface area contributed by atoms with E-state index < -0.39 is 0 Å². The standard InChI is InChI=1S/C22H34/c1-8-9(2)11(4)15-19-16(12(5)10(8)3)21-18-14-7-6-13(14)17(18)20(15)22(19)21/h8-22H,6-7H2,1-5H3. The minimum Gasteiger partial charge on any atom is -0.0620 e. The molecule has 0 aromatic heterocycles. The van der Waals surface area contributed by atoms with E-state index in [0.29, 0.717) is 0 Å². The van der Waals surface area contributed by atoms with Gasteiger partial charge in [0.1, 0.15) is 0 Å². The number of rotatable bonds is 0. The summed E-state index contributed by atoms with van der Waals surface area (Å²) in [6, 6.07) is 0. The maximum absolute atomic E-state index is 2.65. The molecule has 122 valence electrons. The van der Waals surface area contributed by atoms with Crippen LogP contribution in [0.5, 0.6) is 0 Å². The van der Waals surface area contributed by atoms with Crippen LogP contribution in [0, 0.1) is 88.8 Å². The van der Waals surface area contributed by atoms with Crippen molar-refractivity contribution in [2.45, 2.75) is 47.5 Å². The van der Waals surface area contributed by atoms with Crippen LogP contribution < -0.4 is 0 Å². The van der Waals surface area contributed by atoms with Crippen molar-refractivity contribution in [1.29, 1.82) is 0 Å².